The molecule has 2 fully saturated rings. The molecule has 136 valence electrons. The van der Waals surface area contributed by atoms with Gasteiger partial charge in [0.05, 0.1) is 6.61 Å². The fraction of sp³-hybridized carbons (Fsp3) is 0.682. The maximum absolute atomic E-state index is 12.8. The fourth-order valence-corrected chi connectivity index (χ4v) is 6.28. The van der Waals surface area contributed by atoms with Gasteiger partial charge < -0.3 is 9.84 Å². The number of aryl methyl sites for hydroxylation is 1. The van der Waals surface area contributed by atoms with Gasteiger partial charge in [-0.1, -0.05) is 6.92 Å². The highest BCUT2D eigenvalue weighted by Crippen LogP contribution is 2.60. The van der Waals surface area contributed by atoms with Crippen LogP contribution in [0.15, 0.2) is 12.1 Å². The van der Waals surface area contributed by atoms with E-state index in [0.29, 0.717) is 35.9 Å². The molecule has 3 nitrogen and oxygen atoms in total. The van der Waals surface area contributed by atoms with Crippen LogP contribution in [0.3, 0.4) is 0 Å². The molecule has 25 heavy (non-hydrogen) atoms. The van der Waals surface area contributed by atoms with E-state index in [4.69, 9.17) is 4.74 Å². The summed E-state index contributed by atoms with van der Waals surface area (Å²) in [6, 6.07) is 4.01. The number of carbonyl (C=O) groups is 1. The summed E-state index contributed by atoms with van der Waals surface area (Å²) in [4.78, 5) is 12.8. The second-order valence-electron chi connectivity index (χ2n) is 8.23. The van der Waals surface area contributed by atoms with Crippen molar-refractivity contribution in [1.29, 1.82) is 0 Å². The molecule has 0 amide bonds. The number of carbonyl (C=O) groups excluding carboxylic acids is 1. The van der Waals surface area contributed by atoms with E-state index in [-0.39, 0.29) is 11.2 Å². The third-order valence-corrected chi connectivity index (χ3v) is 7.42. The normalized spacial score (nSPS) is 34.0. The Morgan fingerprint density at radius 2 is 2.04 bits per heavy atom. The molecule has 0 unspecified atom stereocenters. The van der Waals surface area contributed by atoms with E-state index in [0.717, 1.165) is 44.9 Å². The van der Waals surface area contributed by atoms with Crippen molar-refractivity contribution in [3.05, 3.63) is 23.3 Å². The van der Waals surface area contributed by atoms with Gasteiger partial charge in [-0.05, 0) is 92.9 Å². The zero-order chi connectivity index (χ0) is 17.6. The van der Waals surface area contributed by atoms with Gasteiger partial charge in [0.2, 0.25) is 0 Å². The van der Waals surface area contributed by atoms with Crippen LogP contribution in [-0.2, 0) is 11.2 Å². The lowest BCUT2D eigenvalue weighted by molar-refractivity contribution is -0.142. The summed E-state index contributed by atoms with van der Waals surface area (Å²) in [7, 11) is 0. The molecule has 0 aliphatic heterocycles. The van der Waals surface area contributed by atoms with Gasteiger partial charge >= 0.3 is 0 Å². The summed E-state index contributed by atoms with van der Waals surface area (Å²) in [5.41, 5.74) is 2.62. The highest BCUT2D eigenvalue weighted by molar-refractivity contribution is 5.86. The Hall–Kier alpha value is -1.51. The maximum Gasteiger partial charge on any atom is 0.161 e. The van der Waals surface area contributed by atoms with Crippen molar-refractivity contribution in [3.63, 3.8) is 0 Å². The van der Waals surface area contributed by atoms with Crippen molar-refractivity contribution in [1.82, 2.24) is 0 Å². The molecule has 0 heterocycles. The molecule has 2 saturated carbocycles. The molecule has 0 aromatic heterocycles. The smallest absolute Gasteiger partial charge is 0.161 e. The number of phenolic OH excluding ortho intramolecular Hbond substituents is 1. The minimum absolute atomic E-state index is 0.0451. The molecular formula is C22H30O3. The van der Waals surface area contributed by atoms with Crippen LogP contribution in [0.1, 0.15) is 75.8 Å². The predicted molar refractivity (Wildman–Crippen MR) is 98.1 cm³/mol. The van der Waals surface area contributed by atoms with E-state index in [1.807, 2.05) is 13.0 Å². The van der Waals surface area contributed by atoms with E-state index in [9.17, 15) is 9.90 Å². The van der Waals surface area contributed by atoms with Crippen LogP contribution in [0.4, 0.5) is 0 Å². The number of hydrogen-bond donors (Lipinski definition) is 1. The molecule has 0 radical (unpaired) electrons. The van der Waals surface area contributed by atoms with Crippen molar-refractivity contribution in [2.24, 2.45) is 17.3 Å². The number of Topliss-reactive ketones (excluding diaryl/α,β-unsaturated/α-hetero) is 1. The molecule has 0 spiro atoms. The van der Waals surface area contributed by atoms with Gasteiger partial charge in [0.1, 0.15) is 5.78 Å². The van der Waals surface area contributed by atoms with Crippen LogP contribution in [0.25, 0.3) is 0 Å². The summed E-state index contributed by atoms with van der Waals surface area (Å²) in [6.45, 7) is 4.74. The molecule has 0 bridgehead atoms. The quantitative estimate of drug-likeness (QED) is 0.841. The minimum Gasteiger partial charge on any atom is -0.504 e. The number of phenols is 1. The van der Waals surface area contributed by atoms with Crippen molar-refractivity contribution < 1.29 is 14.6 Å². The third kappa shape index (κ3) is 2.50. The van der Waals surface area contributed by atoms with Crippen molar-refractivity contribution in [2.45, 2.75) is 71.1 Å². The Morgan fingerprint density at radius 3 is 2.80 bits per heavy atom. The van der Waals surface area contributed by atoms with Gasteiger partial charge in [-0.25, -0.2) is 0 Å². The molecule has 1 aromatic carbocycles. The number of rotatable bonds is 3. The van der Waals surface area contributed by atoms with E-state index in [1.165, 1.54) is 17.5 Å². The van der Waals surface area contributed by atoms with Gasteiger partial charge in [-0.3, -0.25) is 4.79 Å². The lowest BCUT2D eigenvalue weighted by Crippen LogP contribution is -2.50. The third-order valence-electron chi connectivity index (χ3n) is 7.42. The largest absolute Gasteiger partial charge is 0.504 e. The van der Waals surface area contributed by atoms with Crippen LogP contribution < -0.4 is 4.74 Å². The van der Waals surface area contributed by atoms with Gasteiger partial charge in [0.15, 0.2) is 11.5 Å². The first-order valence-corrected chi connectivity index (χ1v) is 10.1. The Kier molecular flexibility index (Phi) is 4.29. The summed E-state index contributed by atoms with van der Waals surface area (Å²) < 4.78 is 5.64. The van der Waals surface area contributed by atoms with Gasteiger partial charge in [0, 0.05) is 11.8 Å². The Balaban J connectivity index is 1.71. The molecule has 1 aromatic rings. The lowest BCUT2D eigenvalue weighted by Gasteiger charge is -2.54. The first-order chi connectivity index (χ1) is 12.1. The Morgan fingerprint density at radius 1 is 1.20 bits per heavy atom. The van der Waals surface area contributed by atoms with Crippen LogP contribution in [0, 0.1) is 17.3 Å². The van der Waals surface area contributed by atoms with Crippen LogP contribution in [-0.4, -0.2) is 17.5 Å². The van der Waals surface area contributed by atoms with E-state index in [1.54, 1.807) is 0 Å². The maximum atomic E-state index is 12.8. The molecule has 0 saturated heterocycles. The summed E-state index contributed by atoms with van der Waals surface area (Å²) >= 11 is 0. The highest BCUT2D eigenvalue weighted by Gasteiger charge is 2.54. The molecule has 4 rings (SSSR count). The van der Waals surface area contributed by atoms with E-state index in [2.05, 4.69) is 13.0 Å². The summed E-state index contributed by atoms with van der Waals surface area (Å²) in [6.07, 6.45) is 8.40. The zero-order valence-corrected chi connectivity index (χ0v) is 15.5. The first kappa shape index (κ1) is 16.9. The SMILES string of the molecule is CCOc1cc2c(cc1O)CC[C@@H]1[C@@H]2CC[C@]2(CC)C(=O)CCC[C@@H]12. The zero-order valence-electron chi connectivity index (χ0n) is 15.5. The van der Waals surface area contributed by atoms with Crippen molar-refractivity contribution in [3.8, 4) is 11.5 Å². The number of aromatic hydroxyl groups is 1. The van der Waals surface area contributed by atoms with Gasteiger partial charge in [-0.2, -0.15) is 0 Å². The van der Waals surface area contributed by atoms with Crippen LogP contribution in [0.5, 0.6) is 11.5 Å². The Labute approximate surface area is 150 Å². The van der Waals surface area contributed by atoms with Crippen LogP contribution in [0.2, 0.25) is 0 Å². The number of ketones is 1. The van der Waals surface area contributed by atoms with E-state index >= 15 is 0 Å². The summed E-state index contributed by atoms with van der Waals surface area (Å²) in [5.74, 6) is 3.12. The standard InChI is InChI=1S/C22H30O3/c1-3-22-11-10-15-16(18(22)6-5-7-21(22)24)9-8-14-12-19(23)20(25-4-2)13-17(14)15/h12-13,15-16,18,23H,3-11H2,1-2H3/t15-,16+,18-,22-/m0/s1. The molecular weight excluding hydrogens is 312 g/mol. The second-order valence-corrected chi connectivity index (χ2v) is 8.23. The van der Waals surface area contributed by atoms with Gasteiger partial charge in [0.25, 0.3) is 0 Å². The van der Waals surface area contributed by atoms with E-state index < -0.39 is 0 Å². The van der Waals surface area contributed by atoms with Crippen LogP contribution >= 0.6 is 0 Å². The summed E-state index contributed by atoms with van der Waals surface area (Å²) in [5, 5.41) is 10.2. The number of ether oxygens (including phenoxy) is 1. The molecule has 3 aliphatic carbocycles. The average molecular weight is 342 g/mol. The highest BCUT2D eigenvalue weighted by atomic mass is 16.5. The Bertz CT molecular complexity index is 680. The number of fused-ring (bicyclic) bond motifs is 5. The number of hydrogen-bond acceptors (Lipinski definition) is 3. The van der Waals surface area contributed by atoms with Crippen molar-refractivity contribution >= 4 is 5.78 Å². The minimum atomic E-state index is -0.0451. The average Bonchev–Trinajstić information content (AvgIpc) is 2.62. The topological polar surface area (TPSA) is 46.5 Å². The van der Waals surface area contributed by atoms with Crippen molar-refractivity contribution in [2.75, 3.05) is 6.61 Å². The predicted octanol–water partition coefficient (Wildman–Crippen LogP) is 5.00. The monoisotopic (exact) mass is 342 g/mol. The first-order valence-electron chi connectivity index (χ1n) is 10.1. The second kappa shape index (κ2) is 6.34. The molecule has 3 heteroatoms. The fourth-order valence-electron chi connectivity index (χ4n) is 6.28. The van der Waals surface area contributed by atoms with Gasteiger partial charge in [-0.15, -0.1) is 0 Å². The molecule has 4 atom stereocenters. The molecule has 3 aliphatic rings. The number of benzene rings is 1. The lowest BCUT2D eigenvalue weighted by atomic mass is 9.49. The molecule has 1 N–H and O–H groups in total.